The van der Waals surface area contributed by atoms with Crippen LogP contribution < -0.4 is 14.8 Å². The fourth-order valence-electron chi connectivity index (χ4n) is 2.92. The number of rotatable bonds is 10. The molecule has 0 bridgehead atoms. The number of likely N-dealkylation sites (N-methyl/N-ethyl adjacent to an activating group) is 1. The minimum atomic E-state index is -3.19. The van der Waals surface area contributed by atoms with Crippen LogP contribution in [0.2, 0.25) is 0 Å². The van der Waals surface area contributed by atoms with Crippen LogP contribution in [0.15, 0.2) is 48.5 Å². The Kier molecular flexibility index (Phi) is 7.92. The van der Waals surface area contributed by atoms with Crippen LogP contribution in [0, 0.1) is 0 Å². The van der Waals surface area contributed by atoms with Gasteiger partial charge in [-0.2, -0.15) is 17.6 Å². The summed E-state index contributed by atoms with van der Waals surface area (Å²) < 4.78 is 58.6. The number of nitrogens with zero attached hydrogens (tertiary/aromatic N) is 1. The lowest BCUT2D eigenvalue weighted by atomic mass is 10.1. The normalized spacial score (nSPS) is 13.4. The van der Waals surface area contributed by atoms with E-state index in [2.05, 4.69) is 14.8 Å². The van der Waals surface area contributed by atoms with Crippen molar-refractivity contribution in [1.29, 1.82) is 0 Å². The molecule has 6 nitrogen and oxygen atoms in total. The zero-order valence-corrected chi connectivity index (χ0v) is 17.6. The van der Waals surface area contributed by atoms with Gasteiger partial charge in [0.25, 0.3) is 5.91 Å². The number of amides is 2. The molecule has 176 valence electrons. The van der Waals surface area contributed by atoms with Crippen molar-refractivity contribution in [1.82, 2.24) is 10.2 Å². The highest BCUT2D eigenvalue weighted by atomic mass is 19.3. The maximum absolute atomic E-state index is 12.7. The van der Waals surface area contributed by atoms with Crippen LogP contribution in [0.1, 0.15) is 34.3 Å². The van der Waals surface area contributed by atoms with Crippen LogP contribution in [-0.4, -0.2) is 43.0 Å². The van der Waals surface area contributed by atoms with E-state index in [1.54, 1.807) is 31.3 Å². The number of carbonyl (C=O) groups excluding carboxylic acids is 2. The average molecular weight is 466 g/mol. The fourth-order valence-corrected chi connectivity index (χ4v) is 2.92. The molecule has 1 fully saturated rings. The van der Waals surface area contributed by atoms with E-state index in [9.17, 15) is 27.2 Å². The molecule has 1 saturated carbocycles. The summed E-state index contributed by atoms with van der Waals surface area (Å²) >= 11 is 0. The van der Waals surface area contributed by atoms with Gasteiger partial charge in [0.1, 0.15) is 11.5 Å². The highest BCUT2D eigenvalue weighted by Crippen LogP contribution is 2.28. The first kappa shape index (κ1) is 24.1. The van der Waals surface area contributed by atoms with Crippen molar-refractivity contribution in [2.24, 2.45) is 0 Å². The highest BCUT2D eigenvalue weighted by Gasteiger charge is 2.23. The number of hydrogen-bond acceptors (Lipinski definition) is 4. The molecule has 2 amide bonds. The van der Waals surface area contributed by atoms with Gasteiger partial charge in [0.05, 0.1) is 0 Å². The maximum atomic E-state index is 12.7. The summed E-state index contributed by atoms with van der Waals surface area (Å²) in [6.45, 7) is -6.07. The largest absolute Gasteiger partial charge is 0.435 e. The third kappa shape index (κ3) is 7.51. The van der Waals surface area contributed by atoms with Crippen molar-refractivity contribution in [3.63, 3.8) is 0 Å². The number of nitrogens with one attached hydrogen (secondary N) is 1. The van der Waals surface area contributed by atoms with E-state index >= 15 is 0 Å². The quantitative estimate of drug-likeness (QED) is 0.415. The first-order valence-electron chi connectivity index (χ1n) is 10.1. The Bertz CT molecular complexity index is 1010. The molecule has 10 heteroatoms. The SMILES string of the molecule is CN(Cc1ccc(C(=O)NC2CC2)cc1)C(=O)/C=C/c1ccc(OC(F)F)cc1OC(F)F. The molecule has 1 aliphatic carbocycles. The van der Waals surface area contributed by atoms with Crippen molar-refractivity contribution >= 4 is 17.9 Å². The number of halogens is 4. The molecule has 0 saturated heterocycles. The van der Waals surface area contributed by atoms with E-state index in [1.165, 1.54) is 17.0 Å². The van der Waals surface area contributed by atoms with Gasteiger partial charge < -0.3 is 19.7 Å². The molecule has 3 rings (SSSR count). The third-order valence-corrected chi connectivity index (χ3v) is 4.76. The number of carbonyl (C=O) groups is 2. The van der Waals surface area contributed by atoms with Gasteiger partial charge in [0, 0.05) is 42.9 Å². The molecule has 0 heterocycles. The van der Waals surface area contributed by atoms with Crippen LogP contribution >= 0.6 is 0 Å². The summed E-state index contributed by atoms with van der Waals surface area (Å²) in [5.74, 6) is -1.32. The molecular formula is C23H22F4N2O4. The van der Waals surface area contributed by atoms with Crippen molar-refractivity contribution in [2.75, 3.05) is 7.05 Å². The van der Waals surface area contributed by atoms with Gasteiger partial charge in [0.15, 0.2) is 0 Å². The molecular weight excluding hydrogens is 444 g/mol. The smallest absolute Gasteiger partial charge is 0.387 e. The van der Waals surface area contributed by atoms with Gasteiger partial charge in [-0.25, -0.2) is 0 Å². The Hall–Kier alpha value is -3.56. The lowest BCUT2D eigenvalue weighted by molar-refractivity contribution is -0.125. The number of benzene rings is 2. The minimum absolute atomic E-state index is 0.0877. The Balaban J connectivity index is 1.62. The second-order valence-electron chi connectivity index (χ2n) is 7.43. The van der Waals surface area contributed by atoms with E-state index in [1.807, 2.05) is 0 Å². The van der Waals surface area contributed by atoms with Crippen molar-refractivity contribution in [3.05, 3.63) is 65.2 Å². The van der Waals surface area contributed by atoms with Gasteiger partial charge in [-0.1, -0.05) is 12.1 Å². The fraction of sp³-hybridized carbons (Fsp3) is 0.304. The average Bonchev–Trinajstić information content (AvgIpc) is 3.56. The van der Waals surface area contributed by atoms with Gasteiger partial charge >= 0.3 is 13.2 Å². The molecule has 0 spiro atoms. The van der Waals surface area contributed by atoms with E-state index in [0.717, 1.165) is 36.6 Å². The number of ether oxygens (including phenoxy) is 2. The lowest BCUT2D eigenvalue weighted by Gasteiger charge is -2.16. The Morgan fingerprint density at radius 1 is 1.06 bits per heavy atom. The standard InChI is InChI=1S/C23H22F4N2O4/c1-29(13-14-2-4-16(5-3-14)21(31)28-17-8-9-17)20(30)11-7-15-6-10-18(32-22(24)25)12-19(15)33-23(26)27/h2-7,10-12,17,22-23H,8-9,13H2,1H3,(H,28,31)/b11-7+. The van der Waals surface area contributed by atoms with Crippen molar-refractivity contribution < 1.29 is 36.6 Å². The topological polar surface area (TPSA) is 67.9 Å². The van der Waals surface area contributed by atoms with Crippen LogP contribution in [-0.2, 0) is 11.3 Å². The van der Waals surface area contributed by atoms with Crippen LogP contribution in [0.3, 0.4) is 0 Å². The molecule has 1 N–H and O–H groups in total. The summed E-state index contributed by atoms with van der Waals surface area (Å²) in [4.78, 5) is 25.9. The van der Waals surface area contributed by atoms with Gasteiger partial charge in [-0.05, 0) is 48.7 Å². The van der Waals surface area contributed by atoms with E-state index in [-0.39, 0.29) is 29.8 Å². The van der Waals surface area contributed by atoms with Crippen LogP contribution in [0.5, 0.6) is 11.5 Å². The lowest BCUT2D eigenvalue weighted by Crippen LogP contribution is -2.26. The molecule has 33 heavy (non-hydrogen) atoms. The molecule has 0 radical (unpaired) electrons. The predicted molar refractivity (Wildman–Crippen MR) is 112 cm³/mol. The highest BCUT2D eigenvalue weighted by molar-refractivity contribution is 5.94. The molecule has 2 aromatic rings. The summed E-state index contributed by atoms with van der Waals surface area (Å²) in [5.41, 5.74) is 1.41. The predicted octanol–water partition coefficient (Wildman–Crippen LogP) is 4.45. The zero-order valence-electron chi connectivity index (χ0n) is 17.6. The van der Waals surface area contributed by atoms with E-state index in [4.69, 9.17) is 0 Å². The Morgan fingerprint density at radius 3 is 2.33 bits per heavy atom. The Morgan fingerprint density at radius 2 is 1.73 bits per heavy atom. The second kappa shape index (κ2) is 10.8. The summed E-state index contributed by atoms with van der Waals surface area (Å²) in [7, 11) is 1.55. The monoisotopic (exact) mass is 466 g/mol. The summed E-state index contributed by atoms with van der Waals surface area (Å²) in [6, 6.07) is 10.4. The second-order valence-corrected chi connectivity index (χ2v) is 7.43. The molecule has 2 aromatic carbocycles. The molecule has 0 aromatic heterocycles. The van der Waals surface area contributed by atoms with Gasteiger partial charge in [0.2, 0.25) is 5.91 Å². The minimum Gasteiger partial charge on any atom is -0.435 e. The first-order chi connectivity index (χ1) is 15.7. The van der Waals surface area contributed by atoms with Gasteiger partial charge in [-0.3, -0.25) is 9.59 Å². The summed E-state index contributed by atoms with van der Waals surface area (Å²) in [5, 5.41) is 2.90. The molecule has 0 atom stereocenters. The summed E-state index contributed by atoms with van der Waals surface area (Å²) in [6.07, 6.45) is 4.38. The first-order valence-corrected chi connectivity index (χ1v) is 10.1. The van der Waals surface area contributed by atoms with Crippen LogP contribution in [0.4, 0.5) is 17.6 Å². The molecule has 0 aliphatic heterocycles. The number of hydrogen-bond donors (Lipinski definition) is 1. The van der Waals surface area contributed by atoms with Crippen molar-refractivity contribution in [2.45, 2.75) is 38.7 Å². The Labute approximate surface area is 187 Å². The van der Waals surface area contributed by atoms with Crippen molar-refractivity contribution in [3.8, 4) is 11.5 Å². The molecule has 0 unspecified atom stereocenters. The molecule has 1 aliphatic rings. The third-order valence-electron chi connectivity index (χ3n) is 4.76. The zero-order chi connectivity index (χ0) is 24.0. The van der Waals surface area contributed by atoms with Gasteiger partial charge in [-0.15, -0.1) is 0 Å². The van der Waals surface area contributed by atoms with E-state index < -0.39 is 24.9 Å². The number of alkyl halides is 4. The maximum Gasteiger partial charge on any atom is 0.387 e. The van der Waals surface area contributed by atoms with Crippen LogP contribution in [0.25, 0.3) is 6.08 Å². The van der Waals surface area contributed by atoms with E-state index in [0.29, 0.717) is 5.56 Å².